The summed E-state index contributed by atoms with van der Waals surface area (Å²) in [6, 6.07) is 3.57. The van der Waals surface area contributed by atoms with Crippen LogP contribution in [0.15, 0.2) is 18.2 Å². The third-order valence-corrected chi connectivity index (χ3v) is 4.61. The molecule has 27 heavy (non-hydrogen) atoms. The van der Waals surface area contributed by atoms with Gasteiger partial charge >= 0.3 is 6.18 Å². The monoisotopic (exact) mass is 409 g/mol. The lowest BCUT2D eigenvalue weighted by molar-refractivity contribution is -0.145. The van der Waals surface area contributed by atoms with E-state index in [1.54, 1.807) is 0 Å². The maximum atomic E-state index is 12.9. The SMILES string of the molecule is CC(O)CN(CC(C)O)C(=O)c1ccc(-c2cc(C(F)(F)F)n(CF)n2)s1. The minimum atomic E-state index is -4.75. The molecule has 0 aliphatic heterocycles. The number of nitrogens with zero attached hydrogens (tertiary/aromatic N) is 3. The molecule has 2 aromatic rings. The first-order chi connectivity index (χ1) is 12.5. The van der Waals surface area contributed by atoms with Gasteiger partial charge in [0.15, 0.2) is 6.80 Å². The second-order valence-corrected chi connectivity index (χ2v) is 7.19. The highest BCUT2D eigenvalue weighted by Crippen LogP contribution is 2.35. The molecule has 2 heterocycles. The molecule has 0 radical (unpaired) electrons. The summed E-state index contributed by atoms with van der Waals surface area (Å²) in [4.78, 5) is 14.3. The van der Waals surface area contributed by atoms with Crippen molar-refractivity contribution in [2.24, 2.45) is 0 Å². The summed E-state index contributed by atoms with van der Waals surface area (Å²) in [7, 11) is 0. The molecule has 0 aliphatic rings. The topological polar surface area (TPSA) is 78.6 Å². The number of thiophene rings is 1. The van der Waals surface area contributed by atoms with E-state index in [0.717, 1.165) is 17.4 Å². The average molecular weight is 409 g/mol. The van der Waals surface area contributed by atoms with E-state index in [-0.39, 0.29) is 33.2 Å². The number of rotatable bonds is 7. The van der Waals surface area contributed by atoms with E-state index in [2.05, 4.69) is 5.10 Å². The smallest absolute Gasteiger partial charge is 0.392 e. The van der Waals surface area contributed by atoms with Gasteiger partial charge in [-0.15, -0.1) is 11.3 Å². The largest absolute Gasteiger partial charge is 0.433 e. The van der Waals surface area contributed by atoms with Gasteiger partial charge in [-0.1, -0.05) is 0 Å². The molecule has 2 aromatic heterocycles. The van der Waals surface area contributed by atoms with E-state index in [1.807, 2.05) is 0 Å². The summed E-state index contributed by atoms with van der Waals surface area (Å²) in [5.41, 5.74) is -1.31. The molecular formula is C16H19F4N3O3S. The van der Waals surface area contributed by atoms with E-state index in [0.29, 0.717) is 0 Å². The quantitative estimate of drug-likeness (QED) is 0.690. The summed E-state index contributed by atoms with van der Waals surface area (Å²) < 4.78 is 51.8. The minimum Gasteiger partial charge on any atom is -0.392 e. The van der Waals surface area contributed by atoms with Crippen molar-refractivity contribution in [3.8, 4) is 10.6 Å². The van der Waals surface area contributed by atoms with Gasteiger partial charge in [-0.05, 0) is 32.0 Å². The molecule has 2 rings (SSSR count). The second kappa shape index (κ2) is 8.36. The van der Waals surface area contributed by atoms with Crippen LogP contribution in [0.4, 0.5) is 17.6 Å². The van der Waals surface area contributed by atoms with Crippen molar-refractivity contribution in [1.82, 2.24) is 14.7 Å². The molecule has 0 bridgehead atoms. The van der Waals surface area contributed by atoms with Crippen LogP contribution in [0.1, 0.15) is 29.2 Å². The average Bonchev–Trinajstić information content (AvgIpc) is 3.18. The number of aliphatic hydroxyl groups is 2. The first-order valence-corrected chi connectivity index (χ1v) is 8.81. The summed E-state index contributed by atoms with van der Waals surface area (Å²) >= 11 is 0.900. The fourth-order valence-electron chi connectivity index (χ4n) is 2.48. The van der Waals surface area contributed by atoms with Crippen LogP contribution in [0.2, 0.25) is 0 Å². The summed E-state index contributed by atoms with van der Waals surface area (Å²) in [5, 5.41) is 22.7. The Morgan fingerprint density at radius 1 is 1.26 bits per heavy atom. The molecule has 1 amide bonds. The predicted molar refractivity (Wildman–Crippen MR) is 90.9 cm³/mol. The molecule has 2 atom stereocenters. The van der Waals surface area contributed by atoms with E-state index in [9.17, 15) is 32.6 Å². The first-order valence-electron chi connectivity index (χ1n) is 7.99. The standard InChI is InChI=1S/C16H19F4N3O3S/c1-9(24)6-22(7-10(2)25)15(26)13-4-3-12(27-13)11-5-14(16(18,19)20)23(8-17)21-11/h3-5,9-10,24-25H,6-8H2,1-2H3. The predicted octanol–water partition coefficient (Wildman–Crippen LogP) is 2.76. The second-order valence-electron chi connectivity index (χ2n) is 6.10. The Morgan fingerprint density at radius 3 is 2.30 bits per heavy atom. The maximum Gasteiger partial charge on any atom is 0.433 e. The van der Waals surface area contributed by atoms with Crippen LogP contribution >= 0.6 is 11.3 Å². The van der Waals surface area contributed by atoms with Crippen LogP contribution in [0, 0.1) is 0 Å². The lowest BCUT2D eigenvalue weighted by atomic mass is 10.2. The fourth-order valence-corrected chi connectivity index (χ4v) is 3.41. The van der Waals surface area contributed by atoms with Crippen LogP contribution < -0.4 is 0 Å². The molecule has 0 aliphatic carbocycles. The highest BCUT2D eigenvalue weighted by molar-refractivity contribution is 7.17. The molecule has 0 aromatic carbocycles. The van der Waals surface area contributed by atoms with E-state index in [1.165, 1.54) is 30.9 Å². The van der Waals surface area contributed by atoms with Gasteiger partial charge < -0.3 is 15.1 Å². The maximum absolute atomic E-state index is 12.9. The van der Waals surface area contributed by atoms with Crippen molar-refractivity contribution < 1.29 is 32.6 Å². The number of carbonyl (C=O) groups excluding carboxylic acids is 1. The molecule has 2 N–H and O–H groups in total. The van der Waals surface area contributed by atoms with Gasteiger partial charge in [0.05, 0.1) is 22.0 Å². The third-order valence-electron chi connectivity index (χ3n) is 3.51. The zero-order chi connectivity index (χ0) is 20.4. The number of aliphatic hydroxyl groups excluding tert-OH is 2. The van der Waals surface area contributed by atoms with Crippen LogP contribution in [0.25, 0.3) is 10.6 Å². The van der Waals surface area contributed by atoms with E-state index < -0.39 is 36.8 Å². The Labute approximate surface area is 156 Å². The van der Waals surface area contributed by atoms with Gasteiger partial charge in [-0.2, -0.15) is 18.3 Å². The Hall–Kier alpha value is -1.98. The Morgan fingerprint density at radius 2 is 1.85 bits per heavy atom. The van der Waals surface area contributed by atoms with Crippen molar-refractivity contribution in [2.75, 3.05) is 13.1 Å². The Balaban J connectivity index is 2.30. The van der Waals surface area contributed by atoms with Crippen LogP contribution in [0.3, 0.4) is 0 Å². The van der Waals surface area contributed by atoms with Gasteiger partial charge in [0.1, 0.15) is 11.4 Å². The highest BCUT2D eigenvalue weighted by atomic mass is 32.1. The Bertz CT molecular complexity index is 776. The molecule has 150 valence electrons. The van der Waals surface area contributed by atoms with Crippen molar-refractivity contribution in [3.05, 3.63) is 28.8 Å². The summed E-state index contributed by atoms with van der Waals surface area (Å²) in [6.07, 6.45) is -6.39. The Kier molecular flexibility index (Phi) is 6.60. The summed E-state index contributed by atoms with van der Waals surface area (Å²) in [5.74, 6) is -0.478. The van der Waals surface area contributed by atoms with Crippen LogP contribution in [-0.4, -0.2) is 56.1 Å². The number of carbonyl (C=O) groups is 1. The van der Waals surface area contributed by atoms with Crippen molar-refractivity contribution >= 4 is 17.2 Å². The normalized spacial score (nSPS) is 14.2. The number of hydrogen-bond acceptors (Lipinski definition) is 5. The highest BCUT2D eigenvalue weighted by Gasteiger charge is 2.36. The number of hydrogen-bond donors (Lipinski definition) is 2. The lowest BCUT2D eigenvalue weighted by Crippen LogP contribution is -2.40. The van der Waals surface area contributed by atoms with Crippen molar-refractivity contribution in [1.29, 1.82) is 0 Å². The number of alkyl halides is 4. The van der Waals surface area contributed by atoms with Gasteiger partial charge in [0.25, 0.3) is 5.91 Å². The number of halogens is 4. The molecule has 11 heteroatoms. The molecular weight excluding hydrogens is 390 g/mol. The van der Waals surface area contributed by atoms with Gasteiger partial charge in [-0.25, -0.2) is 9.07 Å². The first kappa shape index (κ1) is 21.3. The van der Waals surface area contributed by atoms with Gasteiger partial charge in [-0.3, -0.25) is 4.79 Å². The summed E-state index contributed by atoms with van der Waals surface area (Å²) in [6.45, 7) is 1.54. The number of aromatic nitrogens is 2. The lowest BCUT2D eigenvalue weighted by Gasteiger charge is -2.24. The van der Waals surface area contributed by atoms with Gasteiger partial charge in [0.2, 0.25) is 0 Å². The zero-order valence-electron chi connectivity index (χ0n) is 14.6. The molecule has 6 nitrogen and oxygen atoms in total. The van der Waals surface area contributed by atoms with E-state index in [4.69, 9.17) is 0 Å². The minimum absolute atomic E-state index is 0.00827. The third kappa shape index (κ3) is 5.27. The van der Waals surface area contributed by atoms with Crippen molar-refractivity contribution in [3.63, 3.8) is 0 Å². The van der Waals surface area contributed by atoms with Crippen LogP contribution in [-0.2, 0) is 13.0 Å². The van der Waals surface area contributed by atoms with Crippen LogP contribution in [0.5, 0.6) is 0 Å². The van der Waals surface area contributed by atoms with Crippen molar-refractivity contribution in [2.45, 2.75) is 39.0 Å². The zero-order valence-corrected chi connectivity index (χ0v) is 15.4. The van der Waals surface area contributed by atoms with E-state index >= 15 is 0 Å². The molecule has 0 fully saturated rings. The molecule has 0 saturated carbocycles. The molecule has 2 unspecified atom stereocenters. The van der Waals surface area contributed by atoms with Gasteiger partial charge in [0, 0.05) is 13.1 Å². The number of amides is 1. The molecule has 0 saturated heterocycles. The molecule has 0 spiro atoms. The fraction of sp³-hybridized carbons (Fsp3) is 0.500.